The molecule has 2 aliphatic carbocycles. The van der Waals surface area contributed by atoms with Gasteiger partial charge in [-0.1, -0.05) is 24.3 Å². The van der Waals surface area contributed by atoms with Crippen molar-refractivity contribution in [3.63, 3.8) is 0 Å². The SMILES string of the molecule is N#CC1=C(N)C2=C(C(=O)c3ccccc3C2=O)C(N)(O)C1C#N. The number of nitriles is 2. The molecule has 2 unspecified atom stereocenters. The van der Waals surface area contributed by atoms with Crippen molar-refractivity contribution in [2.24, 2.45) is 17.4 Å². The Hall–Kier alpha value is -3.26. The lowest BCUT2D eigenvalue weighted by Gasteiger charge is -2.37. The van der Waals surface area contributed by atoms with Crippen LogP contribution >= 0.6 is 0 Å². The Morgan fingerprint density at radius 3 is 2.22 bits per heavy atom. The fourth-order valence-corrected chi connectivity index (χ4v) is 2.96. The van der Waals surface area contributed by atoms with Gasteiger partial charge in [-0.15, -0.1) is 0 Å². The lowest BCUT2D eigenvalue weighted by atomic mass is 9.69. The molecule has 7 nitrogen and oxygen atoms in total. The summed E-state index contributed by atoms with van der Waals surface area (Å²) in [5.74, 6) is -2.82. The lowest BCUT2D eigenvalue weighted by Crippen LogP contribution is -2.55. The van der Waals surface area contributed by atoms with Crippen molar-refractivity contribution < 1.29 is 14.7 Å². The van der Waals surface area contributed by atoms with Gasteiger partial charge in [0.1, 0.15) is 5.92 Å². The van der Waals surface area contributed by atoms with Crippen LogP contribution in [0.5, 0.6) is 0 Å². The third-order valence-corrected chi connectivity index (χ3v) is 4.06. The fraction of sp³-hybridized carbons (Fsp3) is 0.125. The monoisotopic (exact) mass is 306 g/mol. The molecule has 1 aromatic rings. The highest BCUT2D eigenvalue weighted by atomic mass is 16.3. The average molecular weight is 306 g/mol. The standard InChI is InChI=1S/C16H10N4O3/c17-5-9-10(6-18)16(20,23)12-11(13(9)19)14(21)7-3-1-2-4-8(7)15(12)22/h1-4,10,23H,19-20H2. The highest BCUT2D eigenvalue weighted by Crippen LogP contribution is 2.42. The molecule has 0 amide bonds. The molecule has 0 spiro atoms. The Bertz CT molecular complexity index is 925. The van der Waals surface area contributed by atoms with Gasteiger partial charge in [-0.25, -0.2) is 0 Å². The Morgan fingerprint density at radius 2 is 1.70 bits per heavy atom. The molecule has 0 bridgehead atoms. The molecule has 1 aromatic carbocycles. The van der Waals surface area contributed by atoms with E-state index < -0.39 is 28.8 Å². The molecule has 0 aliphatic heterocycles. The summed E-state index contributed by atoms with van der Waals surface area (Å²) < 4.78 is 0. The maximum absolute atomic E-state index is 12.7. The number of nitrogens with zero attached hydrogens (tertiary/aromatic N) is 2. The fourth-order valence-electron chi connectivity index (χ4n) is 2.96. The highest BCUT2D eigenvalue weighted by Gasteiger charge is 2.52. The van der Waals surface area contributed by atoms with Crippen LogP contribution in [0.3, 0.4) is 0 Å². The van der Waals surface area contributed by atoms with Crippen LogP contribution < -0.4 is 11.5 Å². The van der Waals surface area contributed by atoms with Crippen LogP contribution in [0.2, 0.25) is 0 Å². The smallest absolute Gasteiger partial charge is 0.196 e. The van der Waals surface area contributed by atoms with Crippen molar-refractivity contribution in [3.05, 3.63) is 57.8 Å². The predicted molar refractivity (Wildman–Crippen MR) is 77.2 cm³/mol. The molecule has 7 heteroatoms. The second-order valence-corrected chi connectivity index (χ2v) is 5.28. The van der Waals surface area contributed by atoms with E-state index in [0.717, 1.165) is 0 Å². The van der Waals surface area contributed by atoms with Crippen LogP contribution in [0, 0.1) is 28.6 Å². The second kappa shape index (κ2) is 4.62. The Kier molecular flexibility index (Phi) is 2.94. The summed E-state index contributed by atoms with van der Waals surface area (Å²) in [6.45, 7) is 0. The number of carbonyl (C=O) groups excluding carboxylic acids is 2. The number of rotatable bonds is 0. The number of hydrogen-bond donors (Lipinski definition) is 3. The average Bonchev–Trinajstić information content (AvgIpc) is 2.53. The number of carbonyl (C=O) groups is 2. The first-order chi connectivity index (χ1) is 10.9. The number of nitrogens with two attached hydrogens (primary N) is 2. The molecule has 2 atom stereocenters. The zero-order valence-electron chi connectivity index (χ0n) is 11.7. The molecule has 5 N–H and O–H groups in total. The van der Waals surface area contributed by atoms with Gasteiger partial charge in [0.05, 0.1) is 34.6 Å². The van der Waals surface area contributed by atoms with Gasteiger partial charge < -0.3 is 10.8 Å². The van der Waals surface area contributed by atoms with Gasteiger partial charge in [0.15, 0.2) is 17.3 Å². The van der Waals surface area contributed by atoms with E-state index in [1.807, 2.05) is 0 Å². The summed E-state index contributed by atoms with van der Waals surface area (Å²) in [5, 5.41) is 29.0. The number of fused-ring (bicyclic) bond motifs is 1. The molecule has 23 heavy (non-hydrogen) atoms. The van der Waals surface area contributed by atoms with Crippen molar-refractivity contribution in [3.8, 4) is 12.1 Å². The minimum Gasteiger partial charge on any atom is -0.397 e. The Morgan fingerprint density at radius 1 is 1.13 bits per heavy atom. The third-order valence-electron chi connectivity index (χ3n) is 4.06. The molecule has 0 heterocycles. The second-order valence-electron chi connectivity index (χ2n) is 5.28. The van der Waals surface area contributed by atoms with Gasteiger partial charge in [-0.3, -0.25) is 15.3 Å². The summed E-state index contributed by atoms with van der Waals surface area (Å²) in [7, 11) is 0. The quantitative estimate of drug-likeness (QED) is 0.565. The molecular formula is C16H10N4O3. The van der Waals surface area contributed by atoms with Crippen molar-refractivity contribution >= 4 is 11.6 Å². The molecular weight excluding hydrogens is 296 g/mol. The van der Waals surface area contributed by atoms with E-state index in [0.29, 0.717) is 0 Å². The molecule has 0 saturated carbocycles. The largest absolute Gasteiger partial charge is 0.397 e. The number of hydrogen-bond acceptors (Lipinski definition) is 7. The van der Waals surface area contributed by atoms with E-state index in [9.17, 15) is 25.2 Å². The number of benzene rings is 1. The first kappa shape index (κ1) is 14.7. The van der Waals surface area contributed by atoms with Gasteiger partial charge in [0.2, 0.25) is 0 Å². The van der Waals surface area contributed by atoms with Crippen LogP contribution in [-0.4, -0.2) is 22.4 Å². The summed E-state index contributed by atoms with van der Waals surface area (Å²) in [4.78, 5) is 25.4. The Balaban J connectivity index is 2.41. The lowest BCUT2D eigenvalue weighted by molar-refractivity contribution is 0.0485. The molecule has 3 rings (SSSR count). The van der Waals surface area contributed by atoms with Crippen LogP contribution in [-0.2, 0) is 0 Å². The third kappa shape index (κ3) is 1.69. The maximum atomic E-state index is 12.7. The van der Waals surface area contributed by atoms with Crippen molar-refractivity contribution in [1.82, 2.24) is 0 Å². The molecule has 0 radical (unpaired) electrons. The topological polar surface area (TPSA) is 154 Å². The maximum Gasteiger partial charge on any atom is 0.196 e. The summed E-state index contributed by atoms with van der Waals surface area (Å²) >= 11 is 0. The molecule has 2 aliphatic rings. The zero-order chi connectivity index (χ0) is 16.9. The van der Waals surface area contributed by atoms with Crippen molar-refractivity contribution in [1.29, 1.82) is 10.5 Å². The van der Waals surface area contributed by atoms with Crippen LogP contribution in [0.1, 0.15) is 20.7 Å². The van der Waals surface area contributed by atoms with E-state index >= 15 is 0 Å². The van der Waals surface area contributed by atoms with Crippen LogP contribution in [0.15, 0.2) is 46.7 Å². The molecule has 0 fully saturated rings. The van der Waals surface area contributed by atoms with Gasteiger partial charge in [0, 0.05) is 11.1 Å². The zero-order valence-corrected chi connectivity index (χ0v) is 11.7. The highest BCUT2D eigenvalue weighted by molar-refractivity contribution is 6.29. The molecule has 0 saturated heterocycles. The summed E-state index contributed by atoms with van der Waals surface area (Å²) in [6, 6.07) is 9.40. The van der Waals surface area contributed by atoms with Crippen LogP contribution in [0.4, 0.5) is 0 Å². The van der Waals surface area contributed by atoms with Crippen LogP contribution in [0.25, 0.3) is 0 Å². The number of aliphatic hydroxyl groups is 1. The van der Waals surface area contributed by atoms with E-state index in [-0.39, 0.29) is 28.0 Å². The summed E-state index contributed by atoms with van der Waals surface area (Å²) in [6.07, 6.45) is 0. The van der Waals surface area contributed by atoms with Crippen molar-refractivity contribution in [2.45, 2.75) is 5.72 Å². The van der Waals surface area contributed by atoms with E-state index in [1.165, 1.54) is 12.1 Å². The minimum absolute atomic E-state index is 0.0741. The first-order valence-electron chi connectivity index (χ1n) is 6.60. The predicted octanol–water partition coefficient (Wildman–Crippen LogP) is -0.101. The van der Waals surface area contributed by atoms with E-state index in [4.69, 9.17) is 11.5 Å². The van der Waals surface area contributed by atoms with Gasteiger partial charge >= 0.3 is 0 Å². The van der Waals surface area contributed by atoms with Gasteiger partial charge in [0.25, 0.3) is 0 Å². The summed E-state index contributed by atoms with van der Waals surface area (Å²) in [5.41, 5.74) is 7.99. The number of allylic oxidation sites excluding steroid dienone is 1. The molecule has 0 aromatic heterocycles. The Labute approximate surface area is 130 Å². The van der Waals surface area contributed by atoms with Gasteiger partial charge in [-0.2, -0.15) is 10.5 Å². The minimum atomic E-state index is -2.47. The van der Waals surface area contributed by atoms with E-state index in [2.05, 4.69) is 0 Å². The normalized spacial score (nSPS) is 26.3. The molecule has 112 valence electrons. The number of ketones is 2. The van der Waals surface area contributed by atoms with Crippen molar-refractivity contribution in [2.75, 3.05) is 0 Å². The van der Waals surface area contributed by atoms with E-state index in [1.54, 1.807) is 24.3 Å². The van der Waals surface area contributed by atoms with Gasteiger partial charge in [-0.05, 0) is 0 Å². The first-order valence-corrected chi connectivity index (χ1v) is 6.60. The number of Topliss-reactive ketones (excluding diaryl/α,β-unsaturated/α-hetero) is 2.